The van der Waals surface area contributed by atoms with Crippen molar-refractivity contribution in [3.05, 3.63) is 59.7 Å². The Kier molecular flexibility index (Phi) is 7.87. The van der Waals surface area contributed by atoms with E-state index in [0.29, 0.717) is 36.1 Å². The van der Waals surface area contributed by atoms with Crippen molar-refractivity contribution in [1.82, 2.24) is 15.1 Å². The van der Waals surface area contributed by atoms with Gasteiger partial charge in [0.25, 0.3) is 0 Å². The maximum Gasteiger partial charge on any atom is 0.321 e. The Labute approximate surface area is 205 Å². The summed E-state index contributed by atoms with van der Waals surface area (Å²) in [6, 6.07) is 14.9. The second kappa shape index (κ2) is 11.2. The van der Waals surface area contributed by atoms with Crippen LogP contribution < -0.4 is 14.8 Å². The van der Waals surface area contributed by atoms with Crippen molar-refractivity contribution in [3.63, 3.8) is 0 Å². The molecule has 1 N–H and O–H groups in total. The Bertz CT molecular complexity index is 1070. The van der Waals surface area contributed by atoms with Gasteiger partial charge >= 0.3 is 5.97 Å². The number of amides is 1. The maximum atomic E-state index is 13.2. The highest BCUT2D eigenvalue weighted by atomic mass is 16.5. The number of methoxy groups -OCH3 is 2. The van der Waals surface area contributed by atoms with E-state index in [1.165, 1.54) is 12.7 Å². The van der Waals surface area contributed by atoms with E-state index in [1.54, 1.807) is 32.2 Å². The predicted octanol–water partition coefficient (Wildman–Crippen LogP) is 2.23. The number of rotatable bonds is 7. The van der Waals surface area contributed by atoms with E-state index < -0.39 is 23.8 Å². The van der Waals surface area contributed by atoms with Crippen LogP contribution in [-0.2, 0) is 20.9 Å². The lowest BCUT2D eigenvalue weighted by Gasteiger charge is -2.39. The van der Waals surface area contributed by atoms with E-state index in [1.807, 2.05) is 18.2 Å². The highest BCUT2D eigenvalue weighted by molar-refractivity contribution is 6.08. The van der Waals surface area contributed by atoms with Gasteiger partial charge in [-0.1, -0.05) is 30.3 Å². The molecular weight excluding hydrogens is 448 g/mol. The number of aliphatic imine (C=N–C) groups is 1. The molecule has 9 heteroatoms. The third-order valence-electron chi connectivity index (χ3n) is 6.32. The summed E-state index contributed by atoms with van der Waals surface area (Å²) in [6.45, 7) is 5.86. The molecular formula is C26H32N4O5. The number of carbonyl (C=O) groups is 2. The van der Waals surface area contributed by atoms with Gasteiger partial charge in [0.15, 0.2) is 5.92 Å². The molecule has 9 nitrogen and oxygen atoms in total. The van der Waals surface area contributed by atoms with Crippen molar-refractivity contribution in [2.45, 2.75) is 19.5 Å². The summed E-state index contributed by atoms with van der Waals surface area (Å²) in [4.78, 5) is 35.2. The molecule has 2 aliphatic rings. The van der Waals surface area contributed by atoms with Crippen LogP contribution in [0.2, 0.25) is 0 Å². The molecule has 2 heterocycles. The number of nitrogens with zero attached hydrogens (tertiary/aromatic N) is 3. The minimum atomic E-state index is -1.11. The molecule has 2 aromatic rings. The number of esters is 1. The fourth-order valence-electron chi connectivity index (χ4n) is 4.47. The van der Waals surface area contributed by atoms with Crippen molar-refractivity contribution in [1.29, 1.82) is 0 Å². The first kappa shape index (κ1) is 24.5. The number of hydrogen-bond donors (Lipinski definition) is 1. The molecule has 0 spiro atoms. The topological polar surface area (TPSA) is 92.7 Å². The summed E-state index contributed by atoms with van der Waals surface area (Å²) in [6.07, 6.45) is 0. The molecule has 1 amide bonds. The lowest BCUT2D eigenvalue weighted by molar-refractivity contribution is -0.153. The number of carbonyl (C=O) groups excluding carboxylic acids is 2. The highest BCUT2D eigenvalue weighted by Crippen LogP contribution is 2.38. The van der Waals surface area contributed by atoms with E-state index in [-0.39, 0.29) is 6.61 Å². The Morgan fingerprint density at radius 1 is 1.06 bits per heavy atom. The summed E-state index contributed by atoms with van der Waals surface area (Å²) in [5.74, 6) is -0.573. The van der Waals surface area contributed by atoms with Gasteiger partial charge in [-0.3, -0.25) is 19.8 Å². The summed E-state index contributed by atoms with van der Waals surface area (Å²) >= 11 is 0. The molecule has 0 saturated carbocycles. The van der Waals surface area contributed by atoms with Gasteiger partial charge < -0.3 is 19.1 Å². The van der Waals surface area contributed by atoms with E-state index in [9.17, 15) is 9.59 Å². The molecule has 0 unspecified atom stereocenters. The van der Waals surface area contributed by atoms with Crippen LogP contribution in [0.3, 0.4) is 0 Å². The van der Waals surface area contributed by atoms with Crippen molar-refractivity contribution >= 4 is 17.8 Å². The van der Waals surface area contributed by atoms with Crippen LogP contribution in [0, 0.1) is 5.92 Å². The monoisotopic (exact) mass is 480 g/mol. The molecule has 0 aliphatic carbocycles. The van der Waals surface area contributed by atoms with Gasteiger partial charge in [-0.25, -0.2) is 4.99 Å². The van der Waals surface area contributed by atoms with Crippen LogP contribution in [-0.4, -0.2) is 74.6 Å². The summed E-state index contributed by atoms with van der Waals surface area (Å²) in [5, 5.41) is 2.85. The molecule has 4 rings (SSSR count). The van der Waals surface area contributed by atoms with Crippen molar-refractivity contribution in [2.24, 2.45) is 10.9 Å². The molecule has 2 aliphatic heterocycles. The van der Waals surface area contributed by atoms with Gasteiger partial charge in [0.05, 0.1) is 20.8 Å². The zero-order valence-electron chi connectivity index (χ0n) is 20.4. The average molecular weight is 481 g/mol. The van der Waals surface area contributed by atoms with Crippen LogP contribution in [0.25, 0.3) is 0 Å². The van der Waals surface area contributed by atoms with Gasteiger partial charge in [-0.05, 0) is 24.6 Å². The van der Waals surface area contributed by atoms with Gasteiger partial charge in [0.1, 0.15) is 17.5 Å². The smallest absolute Gasteiger partial charge is 0.321 e. The van der Waals surface area contributed by atoms with Crippen LogP contribution in [0.1, 0.15) is 24.1 Å². The Hall–Kier alpha value is -3.59. The summed E-state index contributed by atoms with van der Waals surface area (Å²) < 4.78 is 16.1. The molecule has 0 aromatic heterocycles. The van der Waals surface area contributed by atoms with E-state index in [2.05, 4.69) is 27.2 Å². The zero-order valence-corrected chi connectivity index (χ0v) is 20.4. The Morgan fingerprint density at radius 2 is 1.80 bits per heavy atom. The average Bonchev–Trinajstić information content (AvgIpc) is 2.89. The SMILES string of the molecule is CCOC(=O)[C@@H]1C(=O)NC(N2CCN(Cc3ccccc3)CC2)=N[C@H]1c1ccc(OC)cc1OC. The fourth-order valence-corrected chi connectivity index (χ4v) is 4.47. The van der Waals surface area contributed by atoms with Crippen LogP contribution >= 0.6 is 0 Å². The quantitative estimate of drug-likeness (QED) is 0.480. The Balaban J connectivity index is 1.57. The molecule has 1 saturated heterocycles. The minimum absolute atomic E-state index is 0.176. The van der Waals surface area contributed by atoms with Crippen molar-refractivity contribution in [3.8, 4) is 11.5 Å². The first-order valence-electron chi connectivity index (χ1n) is 11.8. The summed E-state index contributed by atoms with van der Waals surface area (Å²) in [5.41, 5.74) is 1.90. The third-order valence-corrected chi connectivity index (χ3v) is 6.32. The van der Waals surface area contributed by atoms with E-state index in [4.69, 9.17) is 19.2 Å². The standard InChI is InChI=1S/C26H32N4O5/c1-4-35-25(32)22-23(20-11-10-19(33-2)16-21(20)34-3)27-26(28-24(22)31)30-14-12-29(13-15-30)17-18-8-6-5-7-9-18/h5-11,16,22-23H,4,12-15,17H2,1-3H3,(H,27,28,31)/t22-,23-/m0/s1. The number of guanidine groups is 1. The first-order chi connectivity index (χ1) is 17.0. The predicted molar refractivity (Wildman–Crippen MR) is 131 cm³/mol. The minimum Gasteiger partial charge on any atom is -0.497 e. The number of ether oxygens (including phenoxy) is 3. The van der Waals surface area contributed by atoms with Crippen LogP contribution in [0.15, 0.2) is 53.5 Å². The molecule has 35 heavy (non-hydrogen) atoms. The maximum absolute atomic E-state index is 13.2. The highest BCUT2D eigenvalue weighted by Gasteiger charge is 2.43. The van der Waals surface area contributed by atoms with Crippen molar-refractivity contribution in [2.75, 3.05) is 47.0 Å². The van der Waals surface area contributed by atoms with Gasteiger partial charge in [0, 0.05) is 44.4 Å². The second-order valence-corrected chi connectivity index (χ2v) is 8.47. The lowest BCUT2D eigenvalue weighted by Crippen LogP contribution is -2.57. The van der Waals surface area contributed by atoms with Crippen LogP contribution in [0.4, 0.5) is 0 Å². The normalized spacial score (nSPS) is 20.6. The van der Waals surface area contributed by atoms with Crippen molar-refractivity contribution < 1.29 is 23.8 Å². The van der Waals surface area contributed by atoms with Crippen LogP contribution in [0.5, 0.6) is 11.5 Å². The number of hydrogen-bond acceptors (Lipinski definition) is 8. The first-order valence-corrected chi connectivity index (χ1v) is 11.8. The number of benzene rings is 2. The fraction of sp³-hybridized carbons (Fsp3) is 0.423. The molecule has 2 aromatic carbocycles. The Morgan fingerprint density at radius 3 is 2.46 bits per heavy atom. The number of piperazine rings is 1. The largest absolute Gasteiger partial charge is 0.497 e. The molecule has 0 radical (unpaired) electrons. The molecule has 0 bridgehead atoms. The molecule has 186 valence electrons. The molecule has 2 atom stereocenters. The van der Waals surface area contributed by atoms with E-state index in [0.717, 1.165) is 19.6 Å². The van der Waals surface area contributed by atoms with Gasteiger partial charge in [-0.2, -0.15) is 0 Å². The number of nitrogens with one attached hydrogen (secondary N) is 1. The zero-order chi connectivity index (χ0) is 24.8. The van der Waals surface area contributed by atoms with E-state index >= 15 is 0 Å². The summed E-state index contributed by atoms with van der Waals surface area (Å²) in [7, 11) is 3.11. The van der Waals surface area contributed by atoms with Gasteiger partial charge in [0.2, 0.25) is 11.9 Å². The lowest BCUT2D eigenvalue weighted by atomic mass is 9.90. The third kappa shape index (κ3) is 5.57. The molecule has 1 fully saturated rings. The van der Waals surface area contributed by atoms with Gasteiger partial charge in [-0.15, -0.1) is 0 Å². The second-order valence-electron chi connectivity index (χ2n) is 8.47.